The molecule has 2 aromatic carbocycles. The second kappa shape index (κ2) is 13.5. The summed E-state index contributed by atoms with van der Waals surface area (Å²) < 4.78 is 11.9. The van der Waals surface area contributed by atoms with E-state index in [2.05, 4.69) is 65.7 Å². The van der Waals surface area contributed by atoms with Crippen LogP contribution in [-0.2, 0) is 28.7 Å². The van der Waals surface area contributed by atoms with Gasteiger partial charge in [0, 0.05) is 29.5 Å². The zero-order valence-corrected chi connectivity index (χ0v) is 29.0. The van der Waals surface area contributed by atoms with Gasteiger partial charge < -0.3 is 9.47 Å². The van der Waals surface area contributed by atoms with Gasteiger partial charge >= 0.3 is 11.9 Å². The van der Waals surface area contributed by atoms with E-state index in [4.69, 9.17) is 19.1 Å². The van der Waals surface area contributed by atoms with E-state index in [1.54, 1.807) is 0 Å². The van der Waals surface area contributed by atoms with E-state index in [0.717, 1.165) is 17.5 Å². The third-order valence-electron chi connectivity index (χ3n) is 9.38. The first kappa shape index (κ1) is 35.1. The highest BCUT2D eigenvalue weighted by Gasteiger charge is 2.55. The zero-order valence-electron chi connectivity index (χ0n) is 29.0. The summed E-state index contributed by atoms with van der Waals surface area (Å²) in [6.45, 7) is 20.8. The minimum Gasteiger partial charge on any atom is -0.462 e. The summed E-state index contributed by atoms with van der Waals surface area (Å²) in [4.78, 5) is 39.2. The molecular formula is C37H54N2O6. The van der Waals surface area contributed by atoms with E-state index >= 15 is 0 Å². The molecule has 2 heterocycles. The fourth-order valence-corrected chi connectivity index (χ4v) is 7.16. The Morgan fingerprint density at radius 2 is 1.16 bits per heavy atom. The molecule has 0 radical (unpaired) electrons. The average molecular weight is 623 g/mol. The number of benzene rings is 2. The molecule has 4 atom stereocenters. The minimum atomic E-state index is -0.608. The Bertz CT molecular complexity index is 1290. The standard InChI is InChI=1S/C37H54N2O6/c1-26(28-17-13-11-14-18-28)44-38-34(3,4)22-21-30(24-35(38,5)6)42-32(40)23-33(41)43-31-25-36(7,8)39(37(31,9)10)45-27(2)29-19-15-12-16-20-29/h11-20,26-27,30-31H,21-25H2,1-10H3. The zero-order chi connectivity index (χ0) is 33.2. The van der Waals surface area contributed by atoms with Crippen LogP contribution in [0.5, 0.6) is 0 Å². The van der Waals surface area contributed by atoms with Gasteiger partial charge in [-0.05, 0) is 93.2 Å². The molecule has 2 aliphatic rings. The third-order valence-corrected chi connectivity index (χ3v) is 9.38. The lowest BCUT2D eigenvalue weighted by Gasteiger charge is -2.47. The molecule has 2 aliphatic heterocycles. The Morgan fingerprint density at radius 1 is 0.689 bits per heavy atom. The molecule has 4 unspecified atom stereocenters. The van der Waals surface area contributed by atoms with Gasteiger partial charge in [0.2, 0.25) is 0 Å². The van der Waals surface area contributed by atoms with Crippen LogP contribution in [0.25, 0.3) is 0 Å². The minimum absolute atomic E-state index is 0.133. The number of hydrogen-bond donors (Lipinski definition) is 0. The normalized spacial score (nSPS) is 25.6. The number of hydroxylamine groups is 4. The van der Waals surface area contributed by atoms with Crippen molar-refractivity contribution in [3.05, 3.63) is 71.8 Å². The maximum Gasteiger partial charge on any atom is 0.317 e. The van der Waals surface area contributed by atoms with Crippen LogP contribution in [0.1, 0.15) is 125 Å². The molecule has 8 nitrogen and oxygen atoms in total. The Morgan fingerprint density at radius 3 is 1.69 bits per heavy atom. The van der Waals surface area contributed by atoms with Crippen LogP contribution in [0.2, 0.25) is 0 Å². The van der Waals surface area contributed by atoms with Crippen molar-refractivity contribution in [2.24, 2.45) is 0 Å². The van der Waals surface area contributed by atoms with Gasteiger partial charge in [-0.25, -0.2) is 0 Å². The lowest BCUT2D eigenvalue weighted by Crippen LogP contribution is -2.54. The largest absolute Gasteiger partial charge is 0.462 e. The van der Waals surface area contributed by atoms with Gasteiger partial charge in [-0.3, -0.25) is 19.3 Å². The van der Waals surface area contributed by atoms with Crippen molar-refractivity contribution < 1.29 is 28.7 Å². The molecule has 0 N–H and O–H groups in total. The monoisotopic (exact) mass is 622 g/mol. The van der Waals surface area contributed by atoms with Crippen LogP contribution in [0.4, 0.5) is 0 Å². The summed E-state index contributed by atoms with van der Waals surface area (Å²) in [5.74, 6) is -1.15. The van der Waals surface area contributed by atoms with Gasteiger partial charge in [0.25, 0.3) is 0 Å². The van der Waals surface area contributed by atoms with E-state index < -0.39 is 35.5 Å². The predicted octanol–water partition coefficient (Wildman–Crippen LogP) is 7.89. The average Bonchev–Trinajstić information content (AvgIpc) is 3.07. The highest BCUT2D eigenvalue weighted by Crippen LogP contribution is 2.45. The molecule has 0 amide bonds. The smallest absolute Gasteiger partial charge is 0.317 e. The van der Waals surface area contributed by atoms with Crippen molar-refractivity contribution in [2.75, 3.05) is 0 Å². The maximum absolute atomic E-state index is 13.1. The number of ether oxygens (including phenoxy) is 2. The molecule has 8 heteroatoms. The molecular weight excluding hydrogens is 568 g/mol. The third kappa shape index (κ3) is 8.33. The van der Waals surface area contributed by atoms with E-state index in [-0.39, 0.29) is 29.4 Å². The van der Waals surface area contributed by atoms with Gasteiger partial charge in [-0.15, -0.1) is 0 Å². The lowest BCUT2D eigenvalue weighted by molar-refractivity contribution is -0.290. The number of nitrogens with zero attached hydrogens (tertiary/aromatic N) is 2. The molecule has 4 rings (SSSR count). The van der Waals surface area contributed by atoms with Crippen LogP contribution < -0.4 is 0 Å². The number of carbonyl (C=O) groups is 2. The number of esters is 2. The van der Waals surface area contributed by atoms with Gasteiger partial charge in [0.05, 0.1) is 5.54 Å². The van der Waals surface area contributed by atoms with Crippen LogP contribution >= 0.6 is 0 Å². The molecule has 0 spiro atoms. The molecule has 248 valence electrons. The topological polar surface area (TPSA) is 77.5 Å². The first-order valence-electron chi connectivity index (χ1n) is 16.4. The van der Waals surface area contributed by atoms with Crippen molar-refractivity contribution in [2.45, 2.75) is 148 Å². The lowest BCUT2D eigenvalue weighted by atomic mass is 9.95. The van der Waals surface area contributed by atoms with Gasteiger partial charge in [-0.2, -0.15) is 10.1 Å². The van der Waals surface area contributed by atoms with E-state index in [9.17, 15) is 9.59 Å². The second-order valence-electron chi connectivity index (χ2n) is 15.2. The van der Waals surface area contributed by atoms with E-state index in [1.807, 2.05) is 74.4 Å². The fourth-order valence-electron chi connectivity index (χ4n) is 7.16. The SMILES string of the molecule is CC(ON1C(C)(C)CCC(OC(=O)CC(=O)OC2CC(C)(C)N(OC(C)c3ccccc3)C2(C)C)CC1(C)C)c1ccccc1. The Balaban J connectivity index is 1.35. The van der Waals surface area contributed by atoms with Crippen LogP contribution in [-0.4, -0.2) is 56.4 Å². The Labute approximate surface area is 270 Å². The number of hydrogen-bond acceptors (Lipinski definition) is 8. The molecule has 0 aliphatic carbocycles. The quantitative estimate of drug-likeness (QED) is 0.196. The molecule has 2 fully saturated rings. The first-order chi connectivity index (χ1) is 20.9. The van der Waals surface area contributed by atoms with Crippen molar-refractivity contribution in [3.8, 4) is 0 Å². The van der Waals surface area contributed by atoms with Gasteiger partial charge in [0.15, 0.2) is 0 Å². The van der Waals surface area contributed by atoms with Crippen molar-refractivity contribution in [1.82, 2.24) is 10.1 Å². The molecule has 45 heavy (non-hydrogen) atoms. The summed E-state index contributed by atoms with van der Waals surface area (Å²) in [7, 11) is 0. The molecule has 0 aromatic heterocycles. The Kier molecular flexibility index (Phi) is 10.5. The van der Waals surface area contributed by atoms with Gasteiger partial charge in [0.1, 0.15) is 30.8 Å². The maximum atomic E-state index is 13.1. The molecule has 2 saturated heterocycles. The van der Waals surface area contributed by atoms with Crippen LogP contribution in [0.3, 0.4) is 0 Å². The summed E-state index contributed by atoms with van der Waals surface area (Å²) in [5.41, 5.74) is 0.460. The molecule has 0 saturated carbocycles. The van der Waals surface area contributed by atoms with E-state index in [0.29, 0.717) is 19.3 Å². The number of carbonyl (C=O) groups excluding carboxylic acids is 2. The number of rotatable bonds is 10. The first-order valence-corrected chi connectivity index (χ1v) is 16.4. The van der Waals surface area contributed by atoms with Gasteiger partial charge in [-0.1, -0.05) is 60.7 Å². The van der Waals surface area contributed by atoms with Crippen molar-refractivity contribution >= 4 is 11.9 Å². The van der Waals surface area contributed by atoms with Crippen LogP contribution in [0.15, 0.2) is 60.7 Å². The highest BCUT2D eigenvalue weighted by atomic mass is 16.7. The van der Waals surface area contributed by atoms with Crippen molar-refractivity contribution in [1.29, 1.82) is 0 Å². The molecule has 2 aromatic rings. The predicted molar refractivity (Wildman–Crippen MR) is 175 cm³/mol. The summed E-state index contributed by atoms with van der Waals surface area (Å²) in [6.07, 6.45) is 1.06. The molecule has 0 bridgehead atoms. The summed E-state index contributed by atoms with van der Waals surface area (Å²) >= 11 is 0. The summed E-state index contributed by atoms with van der Waals surface area (Å²) in [6, 6.07) is 20.2. The summed E-state index contributed by atoms with van der Waals surface area (Å²) in [5, 5.41) is 4.03. The van der Waals surface area contributed by atoms with Crippen molar-refractivity contribution in [3.63, 3.8) is 0 Å². The van der Waals surface area contributed by atoms with Crippen LogP contribution in [0, 0.1) is 0 Å². The highest BCUT2D eigenvalue weighted by molar-refractivity contribution is 5.91. The second-order valence-corrected chi connectivity index (χ2v) is 15.2. The fraction of sp³-hybridized carbons (Fsp3) is 0.622. The Hall–Kier alpha value is -2.78. The van der Waals surface area contributed by atoms with E-state index in [1.165, 1.54) is 0 Å².